The normalized spacial score (nSPS) is 14.3. The summed E-state index contributed by atoms with van der Waals surface area (Å²) in [4.78, 5) is 28.8. The van der Waals surface area contributed by atoms with E-state index in [0.717, 1.165) is 39.6 Å². The number of carbonyl (C=O) groups excluding carboxylic acids is 1. The molecule has 9 nitrogen and oxygen atoms in total. The van der Waals surface area contributed by atoms with Gasteiger partial charge in [0, 0.05) is 48.4 Å². The summed E-state index contributed by atoms with van der Waals surface area (Å²) in [6.45, 7) is 2.92. The smallest absolute Gasteiger partial charge is 0.244 e. The number of hydrogen-bond donors (Lipinski definition) is 2. The van der Waals surface area contributed by atoms with Crippen molar-refractivity contribution in [1.82, 2.24) is 20.3 Å². The van der Waals surface area contributed by atoms with Crippen LogP contribution in [0.5, 0.6) is 5.88 Å². The standard InChI is InChI=1S/C21H23N5O4S/c1-29-18-5-2-14(13-23-18)20-24-16-12-15(3-4-17(28)22-6-9-27)31-19(16)21(25-20)26-7-10-30-11-8-26/h2-5,12-13,27H,6-11H2,1H3,(H,22,28)/b4-3+. The van der Waals surface area contributed by atoms with Crippen LogP contribution in [0, 0.1) is 0 Å². The van der Waals surface area contributed by atoms with Gasteiger partial charge >= 0.3 is 0 Å². The summed E-state index contributed by atoms with van der Waals surface area (Å²) in [5, 5.41) is 11.4. The third-order valence-electron chi connectivity index (χ3n) is 4.70. The van der Waals surface area contributed by atoms with Gasteiger partial charge in [-0.25, -0.2) is 15.0 Å². The van der Waals surface area contributed by atoms with Crippen molar-refractivity contribution >= 4 is 39.4 Å². The minimum Gasteiger partial charge on any atom is -0.481 e. The number of rotatable bonds is 7. The number of thiophene rings is 1. The van der Waals surface area contributed by atoms with Crippen molar-refractivity contribution in [2.75, 3.05) is 51.5 Å². The Balaban J connectivity index is 1.72. The van der Waals surface area contributed by atoms with Crippen molar-refractivity contribution in [2.24, 2.45) is 0 Å². The van der Waals surface area contributed by atoms with Gasteiger partial charge in [0.15, 0.2) is 11.6 Å². The maximum atomic E-state index is 11.8. The van der Waals surface area contributed by atoms with Crippen molar-refractivity contribution < 1.29 is 19.4 Å². The SMILES string of the molecule is COc1ccc(-c2nc(N3CCOCC3)c3sc(/C=C/C(=O)NCCO)cc3n2)cn1. The second-order valence-corrected chi connectivity index (χ2v) is 7.85. The van der Waals surface area contributed by atoms with E-state index in [1.807, 2.05) is 12.1 Å². The Morgan fingerprint density at radius 2 is 2.19 bits per heavy atom. The zero-order valence-corrected chi connectivity index (χ0v) is 17.9. The third-order valence-corrected chi connectivity index (χ3v) is 5.78. The zero-order chi connectivity index (χ0) is 21.6. The lowest BCUT2D eigenvalue weighted by Crippen LogP contribution is -2.36. The quantitative estimate of drug-likeness (QED) is 0.534. The molecule has 1 aliphatic rings. The van der Waals surface area contributed by atoms with E-state index in [1.165, 1.54) is 17.4 Å². The highest BCUT2D eigenvalue weighted by Gasteiger charge is 2.20. The molecular weight excluding hydrogens is 418 g/mol. The number of morpholine rings is 1. The molecule has 0 unspecified atom stereocenters. The van der Waals surface area contributed by atoms with E-state index in [2.05, 4.69) is 15.2 Å². The molecule has 1 saturated heterocycles. The van der Waals surface area contributed by atoms with Crippen LogP contribution in [-0.2, 0) is 9.53 Å². The molecule has 3 aromatic heterocycles. The molecule has 3 aromatic rings. The topological polar surface area (TPSA) is 110 Å². The van der Waals surface area contributed by atoms with Crippen molar-refractivity contribution in [3.05, 3.63) is 35.3 Å². The predicted octanol–water partition coefficient (Wildman–Crippen LogP) is 1.72. The van der Waals surface area contributed by atoms with Crippen molar-refractivity contribution in [2.45, 2.75) is 0 Å². The van der Waals surface area contributed by atoms with Gasteiger partial charge in [-0.3, -0.25) is 4.79 Å². The number of fused-ring (bicyclic) bond motifs is 1. The number of aromatic nitrogens is 3. The first kappa shape index (κ1) is 21.2. The maximum absolute atomic E-state index is 11.8. The average Bonchev–Trinajstić information content (AvgIpc) is 3.24. The largest absolute Gasteiger partial charge is 0.481 e. The van der Waals surface area contributed by atoms with Crippen LogP contribution < -0.4 is 15.0 Å². The summed E-state index contributed by atoms with van der Waals surface area (Å²) < 4.78 is 11.6. The molecule has 4 heterocycles. The lowest BCUT2D eigenvalue weighted by atomic mass is 10.2. The number of nitrogens with zero attached hydrogens (tertiary/aromatic N) is 4. The van der Waals surface area contributed by atoms with Crippen LogP contribution in [0.25, 0.3) is 27.7 Å². The van der Waals surface area contributed by atoms with Gasteiger partial charge < -0.3 is 24.8 Å². The monoisotopic (exact) mass is 441 g/mol. The van der Waals surface area contributed by atoms with Gasteiger partial charge in [0.25, 0.3) is 0 Å². The fourth-order valence-corrected chi connectivity index (χ4v) is 4.18. The van der Waals surface area contributed by atoms with Crippen molar-refractivity contribution in [3.8, 4) is 17.3 Å². The summed E-state index contributed by atoms with van der Waals surface area (Å²) in [5.41, 5.74) is 1.60. The highest BCUT2D eigenvalue weighted by atomic mass is 32.1. The number of aliphatic hydroxyl groups excluding tert-OH is 1. The number of nitrogens with one attached hydrogen (secondary N) is 1. The molecule has 1 aliphatic heterocycles. The number of hydrogen-bond acceptors (Lipinski definition) is 9. The number of aliphatic hydroxyl groups is 1. The van der Waals surface area contributed by atoms with Crippen LogP contribution >= 0.6 is 11.3 Å². The summed E-state index contributed by atoms with van der Waals surface area (Å²) in [6.07, 6.45) is 4.90. The van der Waals surface area contributed by atoms with Crippen LogP contribution in [0.1, 0.15) is 4.88 Å². The van der Waals surface area contributed by atoms with E-state index >= 15 is 0 Å². The second-order valence-electron chi connectivity index (χ2n) is 6.77. The van der Waals surface area contributed by atoms with Crippen molar-refractivity contribution in [3.63, 3.8) is 0 Å². The molecule has 31 heavy (non-hydrogen) atoms. The van der Waals surface area contributed by atoms with Gasteiger partial charge in [-0.15, -0.1) is 11.3 Å². The zero-order valence-electron chi connectivity index (χ0n) is 17.1. The first-order valence-electron chi connectivity index (χ1n) is 9.89. The van der Waals surface area contributed by atoms with E-state index in [1.54, 1.807) is 25.4 Å². The summed E-state index contributed by atoms with van der Waals surface area (Å²) >= 11 is 1.53. The van der Waals surface area contributed by atoms with Crippen LogP contribution in [0.2, 0.25) is 0 Å². The first-order valence-corrected chi connectivity index (χ1v) is 10.7. The van der Waals surface area contributed by atoms with Gasteiger partial charge in [-0.2, -0.15) is 0 Å². The maximum Gasteiger partial charge on any atom is 0.244 e. The molecule has 1 amide bonds. The van der Waals surface area contributed by atoms with Gasteiger partial charge in [-0.1, -0.05) is 0 Å². The Labute approximate surface area is 183 Å². The Morgan fingerprint density at radius 3 is 2.90 bits per heavy atom. The molecule has 2 N–H and O–H groups in total. The molecule has 0 radical (unpaired) electrons. The van der Waals surface area contributed by atoms with Gasteiger partial charge in [0.1, 0.15) is 0 Å². The fourth-order valence-electron chi connectivity index (χ4n) is 3.16. The molecule has 4 rings (SSSR count). The Morgan fingerprint density at radius 1 is 1.35 bits per heavy atom. The molecule has 0 aromatic carbocycles. The molecule has 0 spiro atoms. The van der Waals surface area contributed by atoms with E-state index in [9.17, 15) is 4.79 Å². The van der Waals surface area contributed by atoms with Gasteiger partial charge in [0.05, 0.1) is 37.1 Å². The molecule has 0 saturated carbocycles. The Bertz CT molecular complexity index is 1080. The number of carbonyl (C=O) groups is 1. The molecule has 0 atom stereocenters. The minimum atomic E-state index is -0.254. The fraction of sp³-hybridized carbons (Fsp3) is 0.333. The van der Waals surface area contributed by atoms with Gasteiger partial charge in [-0.05, 0) is 18.2 Å². The molecule has 162 valence electrons. The Hall–Kier alpha value is -3.08. The highest BCUT2D eigenvalue weighted by molar-refractivity contribution is 7.20. The second kappa shape index (κ2) is 9.82. The summed E-state index contributed by atoms with van der Waals surface area (Å²) in [7, 11) is 1.57. The molecule has 0 bridgehead atoms. The van der Waals surface area contributed by atoms with Crippen LogP contribution in [-0.4, -0.2) is 72.5 Å². The van der Waals surface area contributed by atoms with Gasteiger partial charge in [0.2, 0.25) is 11.8 Å². The van der Waals surface area contributed by atoms with Crippen molar-refractivity contribution in [1.29, 1.82) is 0 Å². The number of amides is 1. The number of ether oxygens (including phenoxy) is 2. The number of pyridine rings is 1. The number of anilines is 1. The van der Waals surface area contributed by atoms with Crippen LogP contribution in [0.3, 0.4) is 0 Å². The lowest BCUT2D eigenvalue weighted by molar-refractivity contribution is -0.116. The van der Waals surface area contributed by atoms with Crippen LogP contribution in [0.4, 0.5) is 5.82 Å². The first-order chi connectivity index (χ1) is 15.2. The minimum absolute atomic E-state index is 0.0933. The summed E-state index contributed by atoms with van der Waals surface area (Å²) in [5.74, 6) is 1.71. The van der Waals surface area contributed by atoms with E-state index < -0.39 is 0 Å². The molecular formula is C21H23N5O4S. The lowest BCUT2D eigenvalue weighted by Gasteiger charge is -2.28. The van der Waals surface area contributed by atoms with Crippen LogP contribution in [0.15, 0.2) is 30.5 Å². The van der Waals surface area contributed by atoms with E-state index in [-0.39, 0.29) is 19.1 Å². The number of methoxy groups -OCH3 is 1. The predicted molar refractivity (Wildman–Crippen MR) is 119 cm³/mol. The van der Waals surface area contributed by atoms with E-state index in [0.29, 0.717) is 24.9 Å². The van der Waals surface area contributed by atoms with E-state index in [4.69, 9.17) is 24.5 Å². The molecule has 0 aliphatic carbocycles. The Kier molecular flexibility index (Phi) is 6.70. The summed E-state index contributed by atoms with van der Waals surface area (Å²) in [6, 6.07) is 5.61. The molecule has 10 heteroatoms. The highest BCUT2D eigenvalue weighted by Crippen LogP contribution is 2.35. The third kappa shape index (κ3) is 4.98. The average molecular weight is 442 g/mol. The molecule has 1 fully saturated rings.